The van der Waals surface area contributed by atoms with Gasteiger partial charge in [-0.05, 0) is 39.2 Å². The van der Waals surface area contributed by atoms with E-state index in [0.29, 0.717) is 18.9 Å². The molecule has 0 aromatic carbocycles. The number of hydrogen-bond acceptors (Lipinski definition) is 5. The van der Waals surface area contributed by atoms with Crippen LogP contribution in [0.3, 0.4) is 0 Å². The van der Waals surface area contributed by atoms with Gasteiger partial charge in [-0.25, -0.2) is 10.2 Å². The number of amides is 1. The number of rotatable bonds is 7. The molecular weight excluding hydrogens is 258 g/mol. The van der Waals surface area contributed by atoms with Crippen LogP contribution in [0.5, 0.6) is 0 Å². The van der Waals surface area contributed by atoms with E-state index in [-0.39, 0.29) is 17.9 Å². The number of carbonyl (C=O) groups is 2. The van der Waals surface area contributed by atoms with Gasteiger partial charge in [0.15, 0.2) is 5.78 Å². The summed E-state index contributed by atoms with van der Waals surface area (Å²) in [6.45, 7) is 5.55. The topological polar surface area (TPSA) is 70.7 Å². The van der Waals surface area contributed by atoms with E-state index >= 15 is 0 Å². The number of nitrogens with one attached hydrogen (secondary N) is 2. The number of likely N-dealkylation sites (tertiary alicyclic amines) is 1. The van der Waals surface area contributed by atoms with E-state index in [1.807, 2.05) is 13.8 Å². The highest BCUT2D eigenvalue weighted by Gasteiger charge is 2.27. The third-order valence-corrected chi connectivity index (χ3v) is 3.77. The lowest BCUT2D eigenvalue weighted by atomic mass is 9.89. The summed E-state index contributed by atoms with van der Waals surface area (Å²) in [5, 5.41) is 0. The normalized spacial score (nSPS) is 17.9. The Balaban J connectivity index is 2.40. The van der Waals surface area contributed by atoms with Gasteiger partial charge in [0.1, 0.15) is 0 Å². The van der Waals surface area contributed by atoms with Crippen LogP contribution in [0.1, 0.15) is 39.5 Å². The van der Waals surface area contributed by atoms with Gasteiger partial charge in [-0.15, -0.1) is 0 Å². The molecule has 6 heteroatoms. The number of hydrazine groups is 1. The molecule has 0 radical (unpaired) electrons. The first kappa shape index (κ1) is 16.9. The zero-order valence-corrected chi connectivity index (χ0v) is 12.8. The Kier molecular flexibility index (Phi) is 7.54. The second-order valence-corrected chi connectivity index (χ2v) is 5.13. The van der Waals surface area contributed by atoms with Crippen molar-refractivity contribution in [3.63, 3.8) is 0 Å². The zero-order valence-electron chi connectivity index (χ0n) is 12.8. The minimum absolute atomic E-state index is 0.135. The number of carbonyl (C=O) groups excluding carboxylic acids is 2. The number of nitrogens with zero attached hydrogens (tertiary/aromatic N) is 1. The third-order valence-electron chi connectivity index (χ3n) is 3.77. The van der Waals surface area contributed by atoms with Crippen LogP contribution in [0.2, 0.25) is 0 Å². The maximum absolute atomic E-state index is 11.8. The first-order valence-electron chi connectivity index (χ1n) is 7.49. The molecule has 1 rings (SSSR count). The molecule has 1 saturated heterocycles. The van der Waals surface area contributed by atoms with Crippen molar-refractivity contribution in [1.82, 2.24) is 15.8 Å². The first-order chi connectivity index (χ1) is 9.62. The summed E-state index contributed by atoms with van der Waals surface area (Å²) < 4.78 is 5.00. The quantitative estimate of drug-likeness (QED) is 0.690. The molecule has 1 atom stereocenters. The van der Waals surface area contributed by atoms with E-state index in [0.717, 1.165) is 32.4 Å². The van der Waals surface area contributed by atoms with Crippen LogP contribution in [0.15, 0.2) is 0 Å². The van der Waals surface area contributed by atoms with Crippen molar-refractivity contribution in [2.45, 2.75) is 45.6 Å². The van der Waals surface area contributed by atoms with Crippen molar-refractivity contribution >= 4 is 11.9 Å². The largest absolute Gasteiger partial charge is 0.450 e. The lowest BCUT2D eigenvalue weighted by molar-refractivity contribution is -0.121. The summed E-state index contributed by atoms with van der Waals surface area (Å²) in [5.41, 5.74) is 5.89. The highest BCUT2D eigenvalue weighted by Crippen LogP contribution is 2.23. The molecule has 6 nitrogen and oxygen atoms in total. The summed E-state index contributed by atoms with van der Waals surface area (Å²) in [5.74, 6) is 0.703. The van der Waals surface area contributed by atoms with Crippen LogP contribution in [0.25, 0.3) is 0 Å². The van der Waals surface area contributed by atoms with Crippen LogP contribution < -0.4 is 10.9 Å². The fourth-order valence-corrected chi connectivity index (χ4v) is 2.59. The first-order valence-corrected chi connectivity index (χ1v) is 7.49. The average molecular weight is 285 g/mol. The van der Waals surface area contributed by atoms with Crippen LogP contribution >= 0.6 is 0 Å². The Morgan fingerprint density at radius 3 is 2.45 bits per heavy atom. The van der Waals surface area contributed by atoms with E-state index in [1.165, 1.54) is 0 Å². The molecule has 0 aromatic rings. The molecule has 0 aliphatic carbocycles. The van der Waals surface area contributed by atoms with Crippen LogP contribution in [-0.4, -0.2) is 49.6 Å². The van der Waals surface area contributed by atoms with E-state index in [4.69, 9.17) is 4.74 Å². The number of piperidine rings is 1. The fraction of sp³-hybridized carbons (Fsp3) is 0.857. The van der Waals surface area contributed by atoms with Gasteiger partial charge in [-0.3, -0.25) is 10.2 Å². The van der Waals surface area contributed by atoms with E-state index in [9.17, 15) is 9.59 Å². The molecule has 1 unspecified atom stereocenters. The summed E-state index contributed by atoms with van der Waals surface area (Å²) >= 11 is 0. The Bertz CT molecular complexity index is 315. The third kappa shape index (κ3) is 5.09. The van der Waals surface area contributed by atoms with Gasteiger partial charge >= 0.3 is 6.09 Å². The molecule has 0 spiro atoms. The molecule has 0 saturated carbocycles. The van der Waals surface area contributed by atoms with Gasteiger partial charge in [0.25, 0.3) is 0 Å². The van der Waals surface area contributed by atoms with E-state index in [1.54, 1.807) is 11.9 Å². The van der Waals surface area contributed by atoms with Gasteiger partial charge in [0.05, 0.1) is 12.6 Å². The minimum Gasteiger partial charge on any atom is -0.450 e. The summed E-state index contributed by atoms with van der Waals surface area (Å²) in [4.78, 5) is 25.2. The van der Waals surface area contributed by atoms with Crippen LogP contribution in [-0.2, 0) is 9.53 Å². The van der Waals surface area contributed by atoms with Crippen molar-refractivity contribution in [3.05, 3.63) is 0 Å². The van der Waals surface area contributed by atoms with Crippen molar-refractivity contribution in [2.75, 3.05) is 26.7 Å². The number of ether oxygens (including phenoxy) is 1. The summed E-state index contributed by atoms with van der Waals surface area (Å²) in [6, 6.07) is -0.135. The Hall–Kier alpha value is -1.14. The van der Waals surface area contributed by atoms with E-state index < -0.39 is 0 Å². The predicted octanol–water partition coefficient (Wildman–Crippen LogP) is 1.32. The standard InChI is InChI=1S/C14H27N3O3/c1-4-13(18)12(16-15-3)10-11-6-8-17(9-7-11)14(19)20-5-2/h11-12,15-16H,4-10H2,1-3H3. The van der Waals surface area contributed by atoms with Crippen molar-refractivity contribution in [2.24, 2.45) is 5.92 Å². The Labute approximate surface area is 121 Å². The Morgan fingerprint density at radius 1 is 1.30 bits per heavy atom. The minimum atomic E-state index is -0.222. The summed E-state index contributed by atoms with van der Waals surface area (Å²) in [6.07, 6.45) is 3.00. The molecule has 2 N–H and O–H groups in total. The molecule has 1 heterocycles. The molecule has 20 heavy (non-hydrogen) atoms. The number of hydrogen-bond donors (Lipinski definition) is 2. The molecule has 1 fully saturated rings. The molecule has 0 aromatic heterocycles. The van der Waals surface area contributed by atoms with Crippen molar-refractivity contribution in [1.29, 1.82) is 0 Å². The Morgan fingerprint density at radius 2 is 1.95 bits per heavy atom. The lowest BCUT2D eigenvalue weighted by Crippen LogP contribution is -2.46. The molecular formula is C14H27N3O3. The summed E-state index contributed by atoms with van der Waals surface area (Å²) in [7, 11) is 1.78. The molecule has 1 aliphatic heterocycles. The van der Waals surface area contributed by atoms with Crippen LogP contribution in [0, 0.1) is 5.92 Å². The molecule has 1 amide bonds. The lowest BCUT2D eigenvalue weighted by Gasteiger charge is -2.32. The fourth-order valence-electron chi connectivity index (χ4n) is 2.59. The highest BCUT2D eigenvalue weighted by atomic mass is 16.6. The van der Waals surface area contributed by atoms with Gasteiger partial charge in [-0.2, -0.15) is 0 Å². The number of Topliss-reactive ketones (excluding diaryl/α,β-unsaturated/α-hetero) is 1. The van der Waals surface area contributed by atoms with E-state index in [2.05, 4.69) is 10.9 Å². The van der Waals surface area contributed by atoms with Gasteiger partial charge < -0.3 is 9.64 Å². The monoisotopic (exact) mass is 285 g/mol. The predicted molar refractivity (Wildman–Crippen MR) is 77.2 cm³/mol. The maximum atomic E-state index is 11.8. The van der Waals surface area contributed by atoms with Gasteiger partial charge in [0, 0.05) is 19.5 Å². The van der Waals surface area contributed by atoms with Gasteiger partial charge in [0.2, 0.25) is 0 Å². The second-order valence-electron chi connectivity index (χ2n) is 5.13. The second kappa shape index (κ2) is 8.92. The SMILES string of the molecule is CCOC(=O)N1CCC(CC(NNC)C(=O)CC)CC1. The molecule has 0 bridgehead atoms. The molecule has 116 valence electrons. The zero-order chi connectivity index (χ0) is 15.0. The van der Waals surface area contributed by atoms with Crippen molar-refractivity contribution < 1.29 is 14.3 Å². The van der Waals surface area contributed by atoms with Crippen LogP contribution in [0.4, 0.5) is 4.79 Å². The average Bonchev–Trinajstić information content (AvgIpc) is 2.47. The maximum Gasteiger partial charge on any atom is 0.409 e. The molecule has 1 aliphatic rings. The van der Waals surface area contributed by atoms with Gasteiger partial charge in [-0.1, -0.05) is 6.92 Å². The highest BCUT2D eigenvalue weighted by molar-refractivity contribution is 5.83. The smallest absolute Gasteiger partial charge is 0.409 e. The number of ketones is 1. The van der Waals surface area contributed by atoms with Crippen molar-refractivity contribution in [3.8, 4) is 0 Å².